The minimum atomic E-state index is -0.258. The molecule has 0 aliphatic rings. The molecule has 0 bridgehead atoms. The summed E-state index contributed by atoms with van der Waals surface area (Å²) in [5, 5.41) is 12.1. The van der Waals surface area contributed by atoms with Crippen LogP contribution in [0.2, 0.25) is 0 Å². The van der Waals surface area contributed by atoms with E-state index in [1.54, 1.807) is 30.6 Å². The molecule has 1 N–H and O–H groups in total. The number of rotatable bonds is 3. The van der Waals surface area contributed by atoms with Crippen LogP contribution >= 0.6 is 0 Å². The van der Waals surface area contributed by atoms with Crippen molar-refractivity contribution in [1.82, 2.24) is 9.97 Å². The number of pyridine rings is 2. The Kier molecular flexibility index (Phi) is 8.37. The molecular weight excluding hydrogens is 575 g/mol. The van der Waals surface area contributed by atoms with E-state index in [4.69, 9.17) is 9.84 Å². The molecule has 4 aromatic rings. The zero-order valence-corrected chi connectivity index (χ0v) is 19.5. The van der Waals surface area contributed by atoms with Crippen LogP contribution < -0.4 is 4.74 Å². The Labute approximate surface area is 193 Å². The average Bonchev–Trinajstić information content (AvgIpc) is 2.69. The number of hydrogen-bond acceptors (Lipinski definition) is 5. The van der Waals surface area contributed by atoms with Crippen LogP contribution in [0.15, 0.2) is 66.8 Å². The number of ether oxygens (including phenoxy) is 1. The quantitative estimate of drug-likeness (QED) is 0.139. The zero-order chi connectivity index (χ0) is 21.7. The van der Waals surface area contributed by atoms with Gasteiger partial charge in [-0.15, -0.1) is 0 Å². The number of aliphatic hydroxyl groups excluding tert-OH is 1. The van der Waals surface area contributed by atoms with Gasteiger partial charge in [-0.05, 0) is 66.4 Å². The van der Waals surface area contributed by atoms with Crippen molar-refractivity contribution in [3.63, 3.8) is 0 Å². The predicted octanol–water partition coefficient (Wildman–Crippen LogP) is 5.86. The molecule has 5 nitrogen and oxygen atoms in total. The molecule has 2 aromatic heterocycles. The first-order valence-corrected chi connectivity index (χ1v) is 9.19. The van der Waals surface area contributed by atoms with Gasteiger partial charge >= 0.3 is 0 Å². The zero-order valence-electron chi connectivity index (χ0n) is 17.1. The SMILES string of the molecule is CC(=O)/C=C(/C)O.Cc1cc2cnc(Oc3[c-]cncc3)cc2c2cc(F)ccc12.[Ir]. The fourth-order valence-electron chi connectivity index (χ4n) is 3.02. The number of ketones is 1. The third kappa shape index (κ3) is 6.41. The predicted molar refractivity (Wildman–Crippen MR) is 114 cm³/mol. The van der Waals surface area contributed by atoms with Crippen molar-refractivity contribution in [2.24, 2.45) is 0 Å². The van der Waals surface area contributed by atoms with Gasteiger partial charge < -0.3 is 14.8 Å². The minimum absolute atomic E-state index is 0. The average molecular weight is 596 g/mol. The smallest absolute Gasteiger partial charge is 0.216 e. The third-order valence-corrected chi connectivity index (χ3v) is 4.20. The number of nitrogens with zero attached hydrogens (tertiary/aromatic N) is 2. The van der Waals surface area contributed by atoms with E-state index in [1.165, 1.54) is 32.2 Å². The van der Waals surface area contributed by atoms with E-state index in [9.17, 15) is 9.18 Å². The summed E-state index contributed by atoms with van der Waals surface area (Å²) in [4.78, 5) is 18.2. The Balaban J connectivity index is 0.000000373. The number of carbonyl (C=O) groups excluding carboxylic acids is 1. The van der Waals surface area contributed by atoms with Crippen molar-refractivity contribution in [1.29, 1.82) is 0 Å². The maximum absolute atomic E-state index is 13.7. The molecule has 2 aromatic carbocycles. The first kappa shape index (κ1) is 24.1. The van der Waals surface area contributed by atoms with Gasteiger partial charge in [0.2, 0.25) is 5.88 Å². The van der Waals surface area contributed by atoms with Crippen LogP contribution in [-0.2, 0) is 24.9 Å². The Hall–Kier alpha value is -3.15. The van der Waals surface area contributed by atoms with Gasteiger partial charge in [-0.25, -0.2) is 9.37 Å². The van der Waals surface area contributed by atoms with Crippen LogP contribution in [0, 0.1) is 18.8 Å². The molecule has 31 heavy (non-hydrogen) atoms. The summed E-state index contributed by atoms with van der Waals surface area (Å²) in [5.74, 6) is 0.655. The molecule has 0 fully saturated rings. The Morgan fingerprint density at radius 3 is 2.52 bits per heavy atom. The molecule has 0 aliphatic carbocycles. The van der Waals surface area contributed by atoms with Gasteiger partial charge in [0, 0.05) is 43.8 Å². The fourth-order valence-corrected chi connectivity index (χ4v) is 3.02. The van der Waals surface area contributed by atoms with E-state index >= 15 is 0 Å². The van der Waals surface area contributed by atoms with Crippen molar-refractivity contribution in [2.45, 2.75) is 20.8 Å². The summed E-state index contributed by atoms with van der Waals surface area (Å²) in [5.41, 5.74) is 1.09. The second-order valence-electron chi connectivity index (χ2n) is 6.73. The number of hydrogen-bond donors (Lipinski definition) is 1. The fraction of sp³-hybridized carbons (Fsp3) is 0.125. The number of allylic oxidation sites excluding steroid dienone is 2. The molecule has 0 saturated carbocycles. The normalized spacial score (nSPS) is 10.8. The molecule has 1 radical (unpaired) electrons. The monoisotopic (exact) mass is 596 g/mol. The van der Waals surface area contributed by atoms with Gasteiger partial charge in [0.1, 0.15) is 5.82 Å². The first-order chi connectivity index (χ1) is 14.3. The second-order valence-corrected chi connectivity index (χ2v) is 6.73. The standard InChI is InChI=1S/C19H12FN2O.C5H8O2.Ir/c1-12-8-13-11-22-19(23-15-4-6-21-7-5-15)10-17(13)18-9-14(20)2-3-16(12)18;1-4(6)3-5(2)7;/h2-4,6-11H,1H3;3,6H,1-2H3;/q-1;;/b;4-3-;. The minimum Gasteiger partial charge on any atom is -0.512 e. The van der Waals surface area contributed by atoms with Crippen molar-refractivity contribution in [3.05, 3.63) is 84.3 Å². The van der Waals surface area contributed by atoms with Crippen LogP contribution in [0.5, 0.6) is 11.6 Å². The van der Waals surface area contributed by atoms with Crippen molar-refractivity contribution in [2.75, 3.05) is 0 Å². The summed E-state index contributed by atoms with van der Waals surface area (Å²) < 4.78 is 19.4. The van der Waals surface area contributed by atoms with E-state index < -0.39 is 0 Å². The molecule has 0 aliphatic heterocycles. The number of fused-ring (bicyclic) bond motifs is 3. The summed E-state index contributed by atoms with van der Waals surface area (Å²) in [6.45, 7) is 4.86. The van der Waals surface area contributed by atoms with E-state index in [0.717, 1.165) is 27.1 Å². The molecule has 161 valence electrons. The number of halogens is 1. The Morgan fingerprint density at radius 2 is 1.90 bits per heavy atom. The summed E-state index contributed by atoms with van der Waals surface area (Å²) in [6, 6.07) is 13.3. The van der Waals surface area contributed by atoms with Gasteiger partial charge in [-0.3, -0.25) is 4.79 Å². The van der Waals surface area contributed by atoms with E-state index in [1.807, 2.05) is 19.1 Å². The van der Waals surface area contributed by atoms with E-state index in [-0.39, 0.29) is 37.5 Å². The van der Waals surface area contributed by atoms with Gasteiger partial charge in [-0.2, -0.15) is 12.1 Å². The maximum atomic E-state index is 13.7. The Bertz CT molecular complexity index is 1240. The molecular formula is C24H20FIrN2O3-. The van der Waals surface area contributed by atoms with Crippen molar-refractivity contribution < 1.29 is 39.1 Å². The Morgan fingerprint density at radius 1 is 1.13 bits per heavy atom. The van der Waals surface area contributed by atoms with Crippen LogP contribution in [-0.4, -0.2) is 20.9 Å². The molecule has 0 spiro atoms. The molecule has 0 amide bonds. The van der Waals surface area contributed by atoms with Crippen LogP contribution in [0.3, 0.4) is 0 Å². The van der Waals surface area contributed by atoms with Gasteiger partial charge in [0.15, 0.2) is 5.78 Å². The third-order valence-electron chi connectivity index (χ3n) is 4.20. The summed E-state index contributed by atoms with van der Waals surface area (Å²) in [6.07, 6.45) is 6.06. The van der Waals surface area contributed by atoms with Crippen molar-refractivity contribution >= 4 is 27.3 Å². The van der Waals surface area contributed by atoms with Gasteiger partial charge in [-0.1, -0.05) is 18.5 Å². The molecule has 0 saturated heterocycles. The van der Waals surface area contributed by atoms with E-state index in [2.05, 4.69) is 16.0 Å². The van der Waals surface area contributed by atoms with Crippen LogP contribution in [0.25, 0.3) is 21.5 Å². The number of benzene rings is 2. The first-order valence-electron chi connectivity index (χ1n) is 9.19. The van der Waals surface area contributed by atoms with E-state index in [0.29, 0.717) is 11.6 Å². The number of aromatic nitrogens is 2. The molecule has 0 atom stereocenters. The van der Waals surface area contributed by atoms with Crippen molar-refractivity contribution in [3.8, 4) is 11.6 Å². The van der Waals surface area contributed by atoms with Gasteiger partial charge in [0.05, 0.1) is 5.76 Å². The summed E-state index contributed by atoms with van der Waals surface area (Å²) in [7, 11) is 0. The van der Waals surface area contributed by atoms with Gasteiger partial charge in [0.25, 0.3) is 0 Å². The largest absolute Gasteiger partial charge is 0.512 e. The number of aliphatic hydroxyl groups is 1. The molecule has 7 heteroatoms. The molecule has 2 heterocycles. The number of aryl methyl sites for hydroxylation is 1. The second kappa shape index (κ2) is 10.8. The molecule has 4 rings (SSSR count). The van der Waals surface area contributed by atoms with Crippen LogP contribution in [0.1, 0.15) is 19.4 Å². The van der Waals surface area contributed by atoms with Crippen LogP contribution in [0.4, 0.5) is 4.39 Å². The molecule has 0 unspecified atom stereocenters. The summed E-state index contributed by atoms with van der Waals surface area (Å²) >= 11 is 0. The topological polar surface area (TPSA) is 72.3 Å². The number of carbonyl (C=O) groups is 1. The maximum Gasteiger partial charge on any atom is 0.216 e.